The van der Waals surface area contributed by atoms with Crippen LogP contribution in [0.1, 0.15) is 12.6 Å². The van der Waals surface area contributed by atoms with Crippen LogP contribution in [0.2, 0.25) is 0 Å². The molecule has 2 N–H and O–H groups in total. The molecular formula is C7H11N3S. The zero-order valence-corrected chi connectivity index (χ0v) is 7.48. The van der Waals surface area contributed by atoms with E-state index in [0.717, 1.165) is 17.1 Å². The number of rotatable bonds is 2. The van der Waals surface area contributed by atoms with Crippen molar-refractivity contribution in [2.45, 2.75) is 18.4 Å². The van der Waals surface area contributed by atoms with Crippen LogP contribution in [0.15, 0.2) is 11.1 Å². The molecule has 1 rings (SSSR count). The van der Waals surface area contributed by atoms with E-state index in [1.807, 2.05) is 19.2 Å². The molecule has 0 aliphatic rings. The number of aromatic nitrogens is 2. The number of nitrogen functional groups attached to an aromatic ring is 1. The Bertz CT molecular complexity index is 227. The minimum atomic E-state index is 0.369. The molecule has 3 nitrogen and oxygen atoms in total. The van der Waals surface area contributed by atoms with E-state index in [0.29, 0.717) is 5.95 Å². The number of hydrogen-bond acceptors (Lipinski definition) is 4. The van der Waals surface area contributed by atoms with Gasteiger partial charge in [-0.2, -0.15) is 0 Å². The van der Waals surface area contributed by atoms with Crippen molar-refractivity contribution in [2.24, 2.45) is 0 Å². The molecule has 0 aliphatic heterocycles. The summed E-state index contributed by atoms with van der Waals surface area (Å²) in [5.74, 6) is 0.369. The molecule has 0 aliphatic carbocycles. The zero-order valence-electron chi connectivity index (χ0n) is 6.66. The largest absolute Gasteiger partial charge is 0.368 e. The fourth-order valence-corrected chi connectivity index (χ4v) is 1.22. The Morgan fingerprint density at radius 2 is 2.27 bits per heavy atom. The molecule has 4 heteroatoms. The van der Waals surface area contributed by atoms with Gasteiger partial charge in [0.1, 0.15) is 5.03 Å². The second-order valence-corrected chi connectivity index (χ2v) is 2.94. The highest BCUT2D eigenvalue weighted by atomic mass is 32.2. The number of hydrogen-bond donors (Lipinski definition) is 1. The van der Waals surface area contributed by atoms with Crippen LogP contribution in [-0.4, -0.2) is 16.2 Å². The normalized spacial score (nSPS) is 10.0. The van der Waals surface area contributed by atoms with Crippen molar-refractivity contribution in [3.05, 3.63) is 11.8 Å². The van der Waals surface area contributed by atoms with Crippen molar-refractivity contribution in [1.29, 1.82) is 0 Å². The third-order valence-electron chi connectivity index (χ3n) is 1.34. The average Bonchev–Trinajstić information content (AvgIpc) is 2.03. The van der Waals surface area contributed by atoms with Crippen LogP contribution in [0.4, 0.5) is 5.95 Å². The Labute approximate surface area is 70.4 Å². The highest BCUT2D eigenvalue weighted by Crippen LogP contribution is 2.13. The molecule has 0 spiro atoms. The van der Waals surface area contributed by atoms with Crippen molar-refractivity contribution >= 4 is 17.7 Å². The molecule has 1 aromatic heterocycles. The van der Waals surface area contributed by atoms with Crippen LogP contribution >= 0.6 is 11.8 Å². The summed E-state index contributed by atoms with van der Waals surface area (Å²) >= 11 is 1.58. The van der Waals surface area contributed by atoms with Crippen molar-refractivity contribution in [3.63, 3.8) is 0 Å². The quantitative estimate of drug-likeness (QED) is 0.536. The first kappa shape index (κ1) is 8.33. The first-order valence-corrected chi connectivity index (χ1v) is 4.66. The summed E-state index contributed by atoms with van der Waals surface area (Å²) in [4.78, 5) is 8.08. The maximum Gasteiger partial charge on any atom is 0.221 e. The van der Waals surface area contributed by atoms with Gasteiger partial charge >= 0.3 is 0 Å². The molecule has 0 amide bonds. The third-order valence-corrected chi connectivity index (χ3v) is 1.97. The van der Waals surface area contributed by atoms with Gasteiger partial charge in [0, 0.05) is 5.69 Å². The van der Waals surface area contributed by atoms with Gasteiger partial charge in [-0.05, 0) is 18.7 Å². The van der Waals surface area contributed by atoms with E-state index < -0.39 is 0 Å². The van der Waals surface area contributed by atoms with Crippen LogP contribution in [0, 0.1) is 0 Å². The maximum absolute atomic E-state index is 5.48. The van der Waals surface area contributed by atoms with E-state index in [9.17, 15) is 0 Å². The second-order valence-electron chi connectivity index (χ2n) is 2.11. The Kier molecular flexibility index (Phi) is 2.70. The molecule has 0 saturated heterocycles. The number of aryl methyl sites for hydroxylation is 1. The lowest BCUT2D eigenvalue weighted by Crippen LogP contribution is -1.99. The van der Waals surface area contributed by atoms with Crippen LogP contribution in [0.3, 0.4) is 0 Å². The van der Waals surface area contributed by atoms with Crippen molar-refractivity contribution < 1.29 is 0 Å². The van der Waals surface area contributed by atoms with Gasteiger partial charge < -0.3 is 5.73 Å². The fraction of sp³-hybridized carbons (Fsp3) is 0.429. The predicted molar refractivity (Wildman–Crippen MR) is 47.6 cm³/mol. The van der Waals surface area contributed by atoms with E-state index in [1.54, 1.807) is 11.8 Å². The Balaban J connectivity index is 3.02. The molecule has 0 atom stereocenters. The lowest BCUT2D eigenvalue weighted by Gasteiger charge is -2.00. The van der Waals surface area contributed by atoms with Gasteiger partial charge in [0.25, 0.3) is 0 Å². The Morgan fingerprint density at radius 1 is 1.55 bits per heavy atom. The lowest BCUT2D eigenvalue weighted by atomic mass is 10.3. The van der Waals surface area contributed by atoms with Gasteiger partial charge in [0.2, 0.25) is 5.95 Å². The van der Waals surface area contributed by atoms with Crippen LogP contribution < -0.4 is 5.73 Å². The predicted octanol–water partition coefficient (Wildman–Crippen LogP) is 1.34. The van der Waals surface area contributed by atoms with Gasteiger partial charge in [-0.1, -0.05) is 6.92 Å². The van der Waals surface area contributed by atoms with Crippen LogP contribution in [-0.2, 0) is 6.42 Å². The summed E-state index contributed by atoms with van der Waals surface area (Å²) in [6.07, 6.45) is 2.88. The average molecular weight is 169 g/mol. The van der Waals surface area contributed by atoms with E-state index in [-0.39, 0.29) is 0 Å². The number of thioether (sulfide) groups is 1. The minimum absolute atomic E-state index is 0.369. The number of nitrogens with two attached hydrogens (primary N) is 1. The van der Waals surface area contributed by atoms with Crippen LogP contribution in [0.5, 0.6) is 0 Å². The first-order chi connectivity index (χ1) is 5.26. The van der Waals surface area contributed by atoms with Crippen molar-refractivity contribution in [3.8, 4) is 0 Å². The molecule has 1 heterocycles. The molecule has 0 saturated carbocycles. The SMILES string of the molecule is CCc1cc(SC)nc(N)n1. The molecule has 0 bridgehead atoms. The summed E-state index contributed by atoms with van der Waals surface area (Å²) in [7, 11) is 0. The highest BCUT2D eigenvalue weighted by Gasteiger charge is 1.98. The smallest absolute Gasteiger partial charge is 0.221 e. The van der Waals surface area contributed by atoms with Gasteiger partial charge in [0.15, 0.2) is 0 Å². The Hall–Kier alpha value is -0.770. The summed E-state index contributed by atoms with van der Waals surface area (Å²) < 4.78 is 0. The summed E-state index contributed by atoms with van der Waals surface area (Å²) in [6, 6.07) is 1.96. The summed E-state index contributed by atoms with van der Waals surface area (Å²) in [5, 5.41) is 0.939. The van der Waals surface area contributed by atoms with Gasteiger partial charge in [-0.15, -0.1) is 11.8 Å². The molecule has 0 aromatic carbocycles. The maximum atomic E-state index is 5.48. The minimum Gasteiger partial charge on any atom is -0.368 e. The molecule has 1 aromatic rings. The first-order valence-electron chi connectivity index (χ1n) is 3.43. The molecular weight excluding hydrogens is 158 g/mol. The van der Waals surface area contributed by atoms with E-state index in [4.69, 9.17) is 5.73 Å². The van der Waals surface area contributed by atoms with Crippen molar-refractivity contribution in [1.82, 2.24) is 9.97 Å². The van der Waals surface area contributed by atoms with Gasteiger partial charge in [0.05, 0.1) is 0 Å². The standard InChI is InChI=1S/C7H11N3S/c1-3-5-4-6(11-2)10-7(8)9-5/h4H,3H2,1-2H3,(H2,8,9,10). The second kappa shape index (κ2) is 3.57. The summed E-state index contributed by atoms with van der Waals surface area (Å²) in [6.45, 7) is 2.05. The fourth-order valence-electron chi connectivity index (χ4n) is 0.778. The van der Waals surface area contributed by atoms with E-state index in [2.05, 4.69) is 9.97 Å². The monoisotopic (exact) mass is 169 g/mol. The van der Waals surface area contributed by atoms with Crippen molar-refractivity contribution in [2.75, 3.05) is 12.0 Å². The molecule has 11 heavy (non-hydrogen) atoms. The van der Waals surface area contributed by atoms with E-state index >= 15 is 0 Å². The van der Waals surface area contributed by atoms with Crippen LogP contribution in [0.25, 0.3) is 0 Å². The molecule has 0 fully saturated rings. The number of anilines is 1. The number of nitrogens with zero attached hydrogens (tertiary/aromatic N) is 2. The lowest BCUT2D eigenvalue weighted by molar-refractivity contribution is 0.960. The highest BCUT2D eigenvalue weighted by molar-refractivity contribution is 7.98. The third kappa shape index (κ3) is 2.08. The van der Waals surface area contributed by atoms with E-state index in [1.165, 1.54) is 0 Å². The topological polar surface area (TPSA) is 51.8 Å². The van der Waals surface area contributed by atoms with Gasteiger partial charge in [-0.25, -0.2) is 9.97 Å². The molecule has 0 unspecified atom stereocenters. The summed E-state index contributed by atoms with van der Waals surface area (Å²) in [5.41, 5.74) is 6.48. The Morgan fingerprint density at radius 3 is 2.82 bits per heavy atom. The van der Waals surface area contributed by atoms with Gasteiger partial charge in [-0.3, -0.25) is 0 Å². The molecule has 60 valence electrons. The molecule has 0 radical (unpaired) electrons. The zero-order chi connectivity index (χ0) is 8.27.